The highest BCUT2D eigenvalue weighted by Gasteiger charge is 2.31. The maximum absolute atomic E-state index is 12.9. The van der Waals surface area contributed by atoms with E-state index >= 15 is 0 Å². The van der Waals surface area contributed by atoms with E-state index in [4.69, 9.17) is 5.73 Å². The molecule has 0 saturated heterocycles. The van der Waals surface area contributed by atoms with Gasteiger partial charge in [0, 0.05) is 6.42 Å². The molecule has 3 amide bonds. The number of phenolic OH excluding ortho intramolecular Hbond substituents is 1. The molecule has 0 aliphatic carbocycles. The summed E-state index contributed by atoms with van der Waals surface area (Å²) < 4.78 is 0. The highest BCUT2D eigenvalue weighted by Crippen LogP contribution is 2.13. The molecule has 0 saturated carbocycles. The highest BCUT2D eigenvalue weighted by atomic mass is 16.4. The smallest absolute Gasteiger partial charge is 0.326 e. The summed E-state index contributed by atoms with van der Waals surface area (Å²) in [5, 5.41) is 26.4. The van der Waals surface area contributed by atoms with Crippen LogP contribution < -0.4 is 21.7 Å². The molecule has 0 spiro atoms. The Hall–Kier alpha value is -3.14. The Morgan fingerprint density at radius 2 is 1.42 bits per heavy atom. The first-order valence-electron chi connectivity index (χ1n) is 10.1. The molecular weight excluding hydrogens is 404 g/mol. The monoisotopic (exact) mass is 436 g/mol. The number of amides is 3. The van der Waals surface area contributed by atoms with Crippen LogP contribution in [0.15, 0.2) is 24.3 Å². The molecule has 0 heterocycles. The van der Waals surface area contributed by atoms with Crippen molar-refractivity contribution in [1.29, 1.82) is 0 Å². The Morgan fingerprint density at radius 1 is 0.871 bits per heavy atom. The van der Waals surface area contributed by atoms with Gasteiger partial charge < -0.3 is 31.9 Å². The lowest BCUT2D eigenvalue weighted by Crippen LogP contribution is -2.58. The molecule has 1 aromatic rings. The number of aliphatic carboxylic acids is 1. The van der Waals surface area contributed by atoms with E-state index in [1.54, 1.807) is 39.8 Å². The number of hydrogen-bond acceptors (Lipinski definition) is 6. The zero-order valence-electron chi connectivity index (χ0n) is 18.2. The summed E-state index contributed by atoms with van der Waals surface area (Å²) >= 11 is 0. The first-order valence-corrected chi connectivity index (χ1v) is 10.1. The van der Waals surface area contributed by atoms with E-state index in [1.165, 1.54) is 12.1 Å². The van der Waals surface area contributed by atoms with Gasteiger partial charge in [-0.15, -0.1) is 0 Å². The van der Waals surface area contributed by atoms with Gasteiger partial charge >= 0.3 is 5.97 Å². The zero-order chi connectivity index (χ0) is 23.7. The molecule has 31 heavy (non-hydrogen) atoms. The molecule has 7 N–H and O–H groups in total. The molecule has 0 aliphatic rings. The molecule has 3 unspecified atom stereocenters. The standard InChI is InChI=1S/C21H32N4O6/c1-11(2)17(24-16(27)10-22)20(29)23-15(9-13-5-7-14(26)8-6-13)19(28)25-18(12(3)4)21(30)31/h5-8,11-12,15,17-18,26H,9-10,22H2,1-4H3,(H,23,29)(H,24,27)(H,25,28)(H,30,31). The van der Waals surface area contributed by atoms with Gasteiger partial charge in [0.1, 0.15) is 23.9 Å². The lowest BCUT2D eigenvalue weighted by molar-refractivity contribution is -0.143. The van der Waals surface area contributed by atoms with E-state index in [2.05, 4.69) is 16.0 Å². The van der Waals surface area contributed by atoms with Crippen LogP contribution in [0, 0.1) is 11.8 Å². The Morgan fingerprint density at radius 3 is 1.87 bits per heavy atom. The Labute approximate surface area is 181 Å². The largest absolute Gasteiger partial charge is 0.508 e. The van der Waals surface area contributed by atoms with Crippen LogP contribution in [0.2, 0.25) is 0 Å². The number of phenols is 1. The first-order chi connectivity index (χ1) is 14.5. The summed E-state index contributed by atoms with van der Waals surface area (Å²) in [6.45, 7) is 6.49. The fourth-order valence-electron chi connectivity index (χ4n) is 2.87. The summed E-state index contributed by atoms with van der Waals surface area (Å²) in [4.78, 5) is 48.9. The Bertz CT molecular complexity index is 779. The quantitative estimate of drug-likeness (QED) is 0.277. The molecule has 1 aromatic carbocycles. The molecule has 10 nitrogen and oxygen atoms in total. The third kappa shape index (κ3) is 8.25. The molecule has 0 fully saturated rings. The van der Waals surface area contributed by atoms with Gasteiger partial charge in [-0.2, -0.15) is 0 Å². The average molecular weight is 437 g/mol. The third-order valence-electron chi connectivity index (χ3n) is 4.69. The van der Waals surface area contributed by atoms with Gasteiger partial charge in [0.2, 0.25) is 17.7 Å². The van der Waals surface area contributed by atoms with Crippen molar-refractivity contribution in [3.05, 3.63) is 29.8 Å². The van der Waals surface area contributed by atoms with Crippen LogP contribution in [0.5, 0.6) is 5.75 Å². The number of carbonyl (C=O) groups is 4. The number of carbonyl (C=O) groups excluding carboxylic acids is 3. The van der Waals surface area contributed by atoms with Crippen LogP contribution >= 0.6 is 0 Å². The molecular formula is C21H32N4O6. The van der Waals surface area contributed by atoms with Crippen molar-refractivity contribution < 1.29 is 29.4 Å². The minimum Gasteiger partial charge on any atom is -0.508 e. The Balaban J connectivity index is 3.11. The van der Waals surface area contributed by atoms with Crippen LogP contribution in [0.1, 0.15) is 33.3 Å². The van der Waals surface area contributed by atoms with Gasteiger partial charge in [0.05, 0.1) is 6.54 Å². The first kappa shape index (κ1) is 25.9. The fraction of sp³-hybridized carbons (Fsp3) is 0.524. The molecule has 172 valence electrons. The third-order valence-corrected chi connectivity index (χ3v) is 4.69. The van der Waals surface area contributed by atoms with Gasteiger partial charge in [0.15, 0.2) is 0 Å². The number of benzene rings is 1. The van der Waals surface area contributed by atoms with Crippen molar-refractivity contribution in [2.75, 3.05) is 6.54 Å². The van der Waals surface area contributed by atoms with Crippen molar-refractivity contribution in [3.63, 3.8) is 0 Å². The molecule has 3 atom stereocenters. The second-order valence-electron chi connectivity index (χ2n) is 7.99. The predicted octanol–water partition coefficient (Wildman–Crippen LogP) is -0.256. The lowest BCUT2D eigenvalue weighted by atomic mass is 9.99. The molecule has 1 rings (SSSR count). The van der Waals surface area contributed by atoms with Gasteiger partial charge in [-0.3, -0.25) is 14.4 Å². The summed E-state index contributed by atoms with van der Waals surface area (Å²) in [6, 6.07) is 2.91. The Kier molecular flexibility index (Phi) is 9.94. The van der Waals surface area contributed by atoms with Crippen molar-refractivity contribution in [3.8, 4) is 5.75 Å². The number of carboxylic acids is 1. The predicted molar refractivity (Wildman–Crippen MR) is 114 cm³/mol. The highest BCUT2D eigenvalue weighted by molar-refractivity contribution is 5.93. The zero-order valence-corrected chi connectivity index (χ0v) is 18.2. The van der Waals surface area contributed by atoms with Crippen LogP contribution in [0.25, 0.3) is 0 Å². The summed E-state index contributed by atoms with van der Waals surface area (Å²) in [7, 11) is 0. The van der Waals surface area contributed by atoms with Crippen molar-refractivity contribution in [2.24, 2.45) is 17.6 Å². The lowest BCUT2D eigenvalue weighted by Gasteiger charge is -2.27. The van der Waals surface area contributed by atoms with Crippen molar-refractivity contribution >= 4 is 23.7 Å². The number of nitrogens with two attached hydrogens (primary N) is 1. The van der Waals surface area contributed by atoms with E-state index in [-0.39, 0.29) is 30.6 Å². The van der Waals surface area contributed by atoms with E-state index in [9.17, 15) is 29.4 Å². The summed E-state index contributed by atoms with van der Waals surface area (Å²) in [5.41, 5.74) is 5.95. The summed E-state index contributed by atoms with van der Waals surface area (Å²) in [6.07, 6.45) is 0.0535. The number of rotatable bonds is 11. The average Bonchev–Trinajstić information content (AvgIpc) is 2.69. The molecule has 0 bridgehead atoms. The van der Waals surface area contributed by atoms with Crippen LogP contribution in [-0.2, 0) is 25.6 Å². The van der Waals surface area contributed by atoms with E-state index < -0.39 is 41.8 Å². The normalized spacial score (nSPS) is 13.9. The number of aromatic hydroxyl groups is 1. The van der Waals surface area contributed by atoms with Gasteiger partial charge in [0.25, 0.3) is 0 Å². The van der Waals surface area contributed by atoms with Gasteiger partial charge in [-0.05, 0) is 29.5 Å². The van der Waals surface area contributed by atoms with Crippen molar-refractivity contribution in [2.45, 2.75) is 52.2 Å². The number of carboxylic acid groups (broad SMARTS) is 1. The van der Waals surface area contributed by atoms with Crippen LogP contribution in [0.4, 0.5) is 0 Å². The van der Waals surface area contributed by atoms with E-state index in [0.29, 0.717) is 5.56 Å². The molecule has 10 heteroatoms. The molecule has 0 aliphatic heterocycles. The van der Waals surface area contributed by atoms with E-state index in [1.807, 2.05) is 0 Å². The topological polar surface area (TPSA) is 171 Å². The molecule has 0 radical (unpaired) electrons. The maximum atomic E-state index is 12.9. The second-order valence-corrected chi connectivity index (χ2v) is 7.99. The van der Waals surface area contributed by atoms with Crippen molar-refractivity contribution in [1.82, 2.24) is 16.0 Å². The van der Waals surface area contributed by atoms with Crippen LogP contribution in [0.3, 0.4) is 0 Å². The van der Waals surface area contributed by atoms with E-state index in [0.717, 1.165) is 0 Å². The SMILES string of the molecule is CC(C)C(NC(=O)C(Cc1ccc(O)cc1)NC(=O)C(NC(=O)CN)C(C)C)C(=O)O. The second kappa shape index (κ2) is 11.9. The molecule has 0 aromatic heterocycles. The van der Waals surface area contributed by atoms with Crippen LogP contribution in [-0.4, -0.2) is 58.6 Å². The fourth-order valence-corrected chi connectivity index (χ4v) is 2.87. The maximum Gasteiger partial charge on any atom is 0.326 e. The number of nitrogens with one attached hydrogen (secondary N) is 3. The number of hydrogen-bond donors (Lipinski definition) is 6. The minimum atomic E-state index is -1.19. The van der Waals surface area contributed by atoms with Gasteiger partial charge in [-0.25, -0.2) is 4.79 Å². The summed E-state index contributed by atoms with van der Waals surface area (Å²) in [5.74, 6) is -3.58. The minimum absolute atomic E-state index is 0.0453. The van der Waals surface area contributed by atoms with Gasteiger partial charge in [-0.1, -0.05) is 39.8 Å².